The van der Waals surface area contributed by atoms with Crippen molar-refractivity contribution in [3.63, 3.8) is 0 Å². The summed E-state index contributed by atoms with van der Waals surface area (Å²) in [6, 6.07) is -1.15. The van der Waals surface area contributed by atoms with E-state index in [0.717, 1.165) is 16.3 Å². The van der Waals surface area contributed by atoms with Crippen LogP contribution >= 0.6 is 31.1 Å². The van der Waals surface area contributed by atoms with E-state index >= 15 is 4.39 Å². The highest BCUT2D eigenvalue weighted by atomic mass is 35.5. The number of nitrogens with zero attached hydrogens (tertiary/aromatic N) is 4. The average Bonchev–Trinajstić information content (AvgIpc) is 3.42. The maximum absolute atomic E-state index is 15.8. The van der Waals surface area contributed by atoms with Crippen LogP contribution in [0, 0.1) is 5.41 Å². The number of nitrogen functional groups attached to an aromatic ring is 1. The topological polar surface area (TPSA) is 199 Å². The van der Waals surface area contributed by atoms with Crippen molar-refractivity contribution in [1.82, 2.24) is 24.6 Å². The summed E-state index contributed by atoms with van der Waals surface area (Å²) in [6.45, 7) is 11.0. The van der Waals surface area contributed by atoms with E-state index < -0.39 is 61.4 Å². The van der Waals surface area contributed by atoms with Crippen LogP contribution < -0.4 is 15.6 Å². The molecule has 0 unspecified atom stereocenters. The quantitative estimate of drug-likeness (QED) is 0.113. The van der Waals surface area contributed by atoms with Crippen molar-refractivity contribution < 1.29 is 46.9 Å². The predicted molar refractivity (Wildman–Crippen MR) is 161 cm³/mol. The fourth-order valence-electron chi connectivity index (χ4n) is 3.84. The summed E-state index contributed by atoms with van der Waals surface area (Å²) in [5.74, 6) is -0.733. The van der Waals surface area contributed by atoms with Crippen LogP contribution in [-0.4, -0.2) is 90.8 Å². The van der Waals surface area contributed by atoms with Crippen LogP contribution in [0.25, 0.3) is 11.2 Å². The first-order valence-electron chi connectivity index (χ1n) is 13.8. The molecule has 1 saturated heterocycles. The Morgan fingerprint density at radius 3 is 2.61 bits per heavy atom. The van der Waals surface area contributed by atoms with Crippen molar-refractivity contribution in [2.24, 2.45) is 5.41 Å². The second kappa shape index (κ2) is 14.5. The van der Waals surface area contributed by atoms with Gasteiger partial charge in [-0.15, -0.1) is 0 Å². The Morgan fingerprint density at radius 2 is 2.00 bits per heavy atom. The van der Waals surface area contributed by atoms with Crippen LogP contribution in [0.4, 0.5) is 10.3 Å². The lowest BCUT2D eigenvalue weighted by atomic mass is 10.00. The van der Waals surface area contributed by atoms with Crippen LogP contribution in [0.1, 0.15) is 54.7 Å². The van der Waals surface area contributed by atoms with Gasteiger partial charge in [-0.05, 0) is 27.7 Å². The number of ether oxygens (including phenoxy) is 3. The van der Waals surface area contributed by atoms with Gasteiger partial charge in [0.05, 0.1) is 32.3 Å². The molecule has 0 bridgehead atoms. The highest BCUT2D eigenvalue weighted by Gasteiger charge is 2.58. The van der Waals surface area contributed by atoms with Crippen LogP contribution in [0.3, 0.4) is 0 Å². The van der Waals surface area contributed by atoms with E-state index in [1.165, 1.54) is 13.3 Å². The molecule has 3 rings (SSSR count). The van der Waals surface area contributed by atoms with Crippen molar-refractivity contribution in [3.05, 3.63) is 6.33 Å². The second-order valence-corrected chi connectivity index (χ2v) is 14.6. The van der Waals surface area contributed by atoms with Crippen LogP contribution in [0.5, 0.6) is 5.88 Å². The van der Waals surface area contributed by atoms with Gasteiger partial charge in [0, 0.05) is 11.2 Å². The number of carbonyl (C=O) groups is 2. The van der Waals surface area contributed by atoms with Crippen molar-refractivity contribution in [2.45, 2.75) is 84.2 Å². The molecule has 0 saturated carbocycles. The Kier molecular flexibility index (Phi) is 12.0. The summed E-state index contributed by atoms with van der Waals surface area (Å²) in [4.78, 5) is 36.9. The van der Waals surface area contributed by atoms with Gasteiger partial charge < -0.3 is 25.1 Å². The third-order valence-electron chi connectivity index (χ3n) is 5.98. The number of thioether (sulfide) groups is 1. The smallest absolute Gasteiger partial charge is 0.406 e. The Bertz CT molecular complexity index is 1380. The molecule has 248 valence electrons. The zero-order valence-corrected chi connectivity index (χ0v) is 28.0. The predicted octanol–water partition coefficient (Wildman–Crippen LogP) is 3.35. The number of alkyl halides is 2. The molecule has 0 aliphatic carbocycles. The lowest BCUT2D eigenvalue weighted by molar-refractivity contribution is -0.149. The molecule has 0 radical (unpaired) electrons. The number of halogens is 2. The van der Waals surface area contributed by atoms with Gasteiger partial charge in [0.1, 0.15) is 18.2 Å². The summed E-state index contributed by atoms with van der Waals surface area (Å²) in [6.07, 6.45) is -4.42. The summed E-state index contributed by atoms with van der Waals surface area (Å²) in [5.41, 5.74) is 5.36. The first-order chi connectivity index (χ1) is 20.4. The van der Waals surface area contributed by atoms with Crippen molar-refractivity contribution >= 4 is 59.3 Å². The minimum absolute atomic E-state index is 0.0258. The van der Waals surface area contributed by atoms with Gasteiger partial charge in [-0.2, -0.15) is 9.97 Å². The number of hydrogen-bond donors (Lipinski definition) is 3. The lowest BCUT2D eigenvalue weighted by Crippen LogP contribution is -2.39. The average molecular weight is 685 g/mol. The van der Waals surface area contributed by atoms with Gasteiger partial charge in [0.15, 0.2) is 22.5 Å². The molecule has 0 aromatic carbocycles. The zero-order chi connectivity index (χ0) is 33.0. The third kappa shape index (κ3) is 8.78. The molecular weight excluding hydrogens is 646 g/mol. The number of imidazole rings is 1. The highest BCUT2D eigenvalue weighted by Crippen LogP contribution is 2.49. The van der Waals surface area contributed by atoms with Gasteiger partial charge in [-0.1, -0.05) is 44.1 Å². The standard InChI is InChI=1S/C25H39ClFN6O9PS/c1-8-38-19-16-18(30-23(28)31-19)33(12-29-16)21-25(26,27)17(34)15(42-21)11-40-43(37,32-14(4)20(35)41-13(2)3)39-9-10-44-22(36)24(5,6)7/h12-15,17,21,34H,8-11H2,1-7H3,(H,32,37)(H2,28,30,31)/t14-,15+,17+,21+,25-,43-/m0/s1. The first kappa shape index (κ1) is 36.4. The monoisotopic (exact) mass is 684 g/mol. The minimum Gasteiger partial charge on any atom is -0.476 e. The number of aromatic nitrogens is 4. The largest absolute Gasteiger partial charge is 0.476 e. The lowest BCUT2D eigenvalue weighted by Gasteiger charge is -2.25. The highest BCUT2D eigenvalue weighted by molar-refractivity contribution is 8.13. The molecule has 6 atom stereocenters. The number of esters is 1. The molecule has 2 aromatic rings. The number of carbonyl (C=O) groups excluding carboxylic acids is 2. The molecular formula is C25H39ClFN6O9PS. The number of aliphatic hydroxyl groups is 1. The molecule has 1 fully saturated rings. The Balaban J connectivity index is 1.78. The van der Waals surface area contributed by atoms with E-state index in [2.05, 4.69) is 20.0 Å². The van der Waals surface area contributed by atoms with E-state index in [1.54, 1.807) is 41.5 Å². The molecule has 15 nitrogen and oxygen atoms in total. The number of fused-ring (bicyclic) bond motifs is 1. The van der Waals surface area contributed by atoms with Gasteiger partial charge in [0.2, 0.25) is 11.8 Å². The summed E-state index contributed by atoms with van der Waals surface area (Å²) in [5, 5.41) is 10.2. The fraction of sp³-hybridized carbons (Fsp3) is 0.720. The van der Waals surface area contributed by atoms with E-state index in [9.17, 15) is 19.3 Å². The first-order valence-corrected chi connectivity index (χ1v) is 16.7. The molecule has 2 aromatic heterocycles. The number of nitrogens with two attached hydrogens (primary N) is 1. The van der Waals surface area contributed by atoms with Gasteiger partial charge in [-0.25, -0.2) is 19.0 Å². The number of anilines is 1. The van der Waals surface area contributed by atoms with Gasteiger partial charge in [0.25, 0.3) is 5.13 Å². The van der Waals surface area contributed by atoms with E-state index in [1.807, 2.05) is 0 Å². The minimum atomic E-state index is -4.34. The normalized spacial score (nSPS) is 24.4. The van der Waals surface area contributed by atoms with E-state index in [-0.39, 0.29) is 47.1 Å². The van der Waals surface area contributed by atoms with E-state index in [4.69, 9.17) is 40.6 Å². The Labute approximate surface area is 263 Å². The summed E-state index contributed by atoms with van der Waals surface area (Å²) >= 11 is 7.12. The third-order valence-corrected chi connectivity index (χ3v) is 9.35. The molecule has 3 heterocycles. The molecule has 0 amide bonds. The summed E-state index contributed by atoms with van der Waals surface area (Å²) < 4.78 is 58.0. The Hall–Kier alpha value is -2.11. The number of rotatable bonds is 14. The second-order valence-electron chi connectivity index (χ2n) is 11.1. The van der Waals surface area contributed by atoms with Crippen molar-refractivity contribution in [2.75, 3.05) is 31.3 Å². The molecule has 44 heavy (non-hydrogen) atoms. The van der Waals surface area contributed by atoms with Crippen LogP contribution in [0.2, 0.25) is 0 Å². The molecule has 4 N–H and O–H groups in total. The molecule has 1 aliphatic rings. The van der Waals surface area contributed by atoms with Gasteiger partial charge >= 0.3 is 13.7 Å². The maximum Gasteiger partial charge on any atom is 0.406 e. The van der Waals surface area contributed by atoms with Gasteiger partial charge in [-0.3, -0.25) is 23.2 Å². The Morgan fingerprint density at radius 1 is 1.32 bits per heavy atom. The van der Waals surface area contributed by atoms with Crippen LogP contribution in [-0.2, 0) is 32.7 Å². The maximum atomic E-state index is 15.8. The molecule has 1 aliphatic heterocycles. The van der Waals surface area contributed by atoms with Crippen molar-refractivity contribution in [1.29, 1.82) is 0 Å². The number of aliphatic hydroxyl groups excluding tert-OH is 1. The fourth-order valence-corrected chi connectivity index (χ4v) is 6.52. The van der Waals surface area contributed by atoms with E-state index in [0.29, 0.717) is 0 Å². The SMILES string of the molecule is CCOc1nc(N)nc2c1ncn2[C@@H]1O[C@H](CO[P@](=O)(N[C@@H](C)C(=O)OC(C)C)OCCSC(=O)C(C)(C)C)[C@@H](O)[C@@]1(F)Cl. The molecule has 19 heteroatoms. The molecule has 0 spiro atoms. The number of nitrogens with one attached hydrogen (secondary N) is 1. The van der Waals surface area contributed by atoms with Crippen molar-refractivity contribution in [3.8, 4) is 5.88 Å². The van der Waals surface area contributed by atoms with Crippen LogP contribution in [0.15, 0.2) is 6.33 Å². The number of hydrogen-bond acceptors (Lipinski definition) is 14. The summed E-state index contributed by atoms with van der Waals surface area (Å²) in [7, 11) is -4.34. The zero-order valence-electron chi connectivity index (χ0n) is 25.5.